The van der Waals surface area contributed by atoms with E-state index in [9.17, 15) is 0 Å². The third-order valence-electron chi connectivity index (χ3n) is 7.38. The molecule has 2 aromatic carbocycles. The average molecular weight is 510 g/mol. The van der Waals surface area contributed by atoms with Crippen LogP contribution in [0.4, 0.5) is 5.69 Å². The first kappa shape index (κ1) is 30.0. The fraction of sp³-hybridized carbons (Fsp3) is 0.500. The maximum absolute atomic E-state index is 6.04. The van der Waals surface area contributed by atoms with E-state index in [4.69, 9.17) is 11.6 Å². The second-order valence-corrected chi connectivity index (χ2v) is 11.2. The van der Waals surface area contributed by atoms with Crippen molar-refractivity contribution in [3.8, 4) is 0 Å². The van der Waals surface area contributed by atoms with E-state index in [2.05, 4.69) is 93.6 Å². The highest BCUT2D eigenvalue weighted by molar-refractivity contribution is 6.30. The third-order valence-corrected chi connectivity index (χ3v) is 7.63. The van der Waals surface area contributed by atoms with Crippen LogP contribution in [-0.4, -0.2) is 38.1 Å². The number of anilines is 1. The van der Waals surface area contributed by atoms with Crippen molar-refractivity contribution in [2.75, 3.05) is 38.5 Å². The Balaban J connectivity index is 0.000000830. The molecule has 0 atom stereocenters. The monoisotopic (exact) mass is 509 g/mol. The topological polar surface area (TPSA) is 27.3 Å². The van der Waals surface area contributed by atoms with Gasteiger partial charge < -0.3 is 15.5 Å². The normalized spacial score (nSPS) is 14.7. The first-order valence-electron chi connectivity index (χ1n) is 13.4. The second-order valence-electron chi connectivity index (χ2n) is 10.8. The van der Waals surface area contributed by atoms with Crippen LogP contribution in [0, 0.1) is 12.8 Å². The molecule has 0 aliphatic carbocycles. The van der Waals surface area contributed by atoms with Gasteiger partial charge >= 0.3 is 0 Å². The van der Waals surface area contributed by atoms with E-state index >= 15 is 0 Å². The molecular formula is C32H48ClN3. The molecule has 198 valence electrons. The van der Waals surface area contributed by atoms with E-state index in [1.54, 1.807) is 0 Å². The predicted molar refractivity (Wildman–Crippen MR) is 160 cm³/mol. The SMILES string of the molecule is C=C(NCCCN1CCC(c2cc(NC)ccc2C)CC1)C(C)(C)c1ccc(Cl)cc1.C=CC(C)C. The predicted octanol–water partition coefficient (Wildman–Crippen LogP) is 8.17. The summed E-state index contributed by atoms with van der Waals surface area (Å²) in [6, 6.07) is 14.8. The number of benzene rings is 2. The highest BCUT2D eigenvalue weighted by Gasteiger charge is 2.25. The number of hydrogen-bond acceptors (Lipinski definition) is 3. The molecule has 0 radical (unpaired) electrons. The third kappa shape index (κ3) is 9.01. The van der Waals surface area contributed by atoms with Crippen molar-refractivity contribution >= 4 is 17.3 Å². The number of aryl methyl sites for hydroxylation is 1. The summed E-state index contributed by atoms with van der Waals surface area (Å²) in [7, 11) is 2.00. The lowest BCUT2D eigenvalue weighted by atomic mass is 9.82. The van der Waals surface area contributed by atoms with E-state index in [0.717, 1.165) is 30.2 Å². The highest BCUT2D eigenvalue weighted by Crippen LogP contribution is 2.32. The molecule has 2 N–H and O–H groups in total. The molecule has 0 spiro atoms. The van der Waals surface area contributed by atoms with Gasteiger partial charge in [-0.2, -0.15) is 0 Å². The highest BCUT2D eigenvalue weighted by atomic mass is 35.5. The second kappa shape index (κ2) is 14.5. The van der Waals surface area contributed by atoms with Gasteiger partial charge in [0, 0.05) is 35.4 Å². The number of rotatable bonds is 10. The van der Waals surface area contributed by atoms with Crippen molar-refractivity contribution in [1.29, 1.82) is 0 Å². The number of halogens is 1. The molecule has 3 nitrogen and oxygen atoms in total. The molecule has 1 saturated heterocycles. The maximum atomic E-state index is 6.04. The van der Waals surface area contributed by atoms with Crippen LogP contribution >= 0.6 is 11.6 Å². The van der Waals surface area contributed by atoms with E-state index in [1.807, 2.05) is 25.3 Å². The molecule has 2 aromatic rings. The molecular weight excluding hydrogens is 462 g/mol. The van der Waals surface area contributed by atoms with Crippen LogP contribution in [0.3, 0.4) is 0 Å². The van der Waals surface area contributed by atoms with Gasteiger partial charge in [0.05, 0.1) is 0 Å². The van der Waals surface area contributed by atoms with Crippen molar-refractivity contribution in [2.45, 2.75) is 65.2 Å². The van der Waals surface area contributed by atoms with Crippen LogP contribution in [0.1, 0.15) is 69.6 Å². The number of hydrogen-bond donors (Lipinski definition) is 2. The summed E-state index contributed by atoms with van der Waals surface area (Å²) in [5.74, 6) is 1.33. The number of allylic oxidation sites excluding steroid dienone is 2. The Hall–Kier alpha value is -2.23. The van der Waals surface area contributed by atoms with Crippen molar-refractivity contribution in [3.05, 3.63) is 89.1 Å². The summed E-state index contributed by atoms with van der Waals surface area (Å²) in [6.45, 7) is 23.2. The molecule has 0 aromatic heterocycles. The van der Waals surface area contributed by atoms with Gasteiger partial charge in [-0.15, -0.1) is 6.58 Å². The van der Waals surface area contributed by atoms with Crippen molar-refractivity contribution in [2.24, 2.45) is 5.92 Å². The Kier molecular flexibility index (Phi) is 12.1. The van der Waals surface area contributed by atoms with Crippen LogP contribution in [0.25, 0.3) is 0 Å². The quantitative estimate of drug-likeness (QED) is 0.250. The van der Waals surface area contributed by atoms with Crippen LogP contribution in [0.15, 0.2) is 67.4 Å². The molecule has 1 fully saturated rings. The lowest BCUT2D eigenvalue weighted by Crippen LogP contribution is -2.36. The van der Waals surface area contributed by atoms with Gasteiger partial charge in [0.15, 0.2) is 0 Å². The summed E-state index contributed by atoms with van der Waals surface area (Å²) >= 11 is 6.04. The molecule has 1 aliphatic heterocycles. The molecule has 0 amide bonds. The zero-order chi connectivity index (χ0) is 26.7. The summed E-state index contributed by atoms with van der Waals surface area (Å²) in [6.07, 6.45) is 5.55. The zero-order valence-electron chi connectivity index (χ0n) is 23.5. The van der Waals surface area contributed by atoms with Crippen LogP contribution < -0.4 is 10.6 Å². The van der Waals surface area contributed by atoms with Crippen LogP contribution in [0.5, 0.6) is 0 Å². The van der Waals surface area contributed by atoms with E-state index in [-0.39, 0.29) is 5.41 Å². The van der Waals surface area contributed by atoms with Crippen molar-refractivity contribution in [3.63, 3.8) is 0 Å². The number of likely N-dealkylation sites (tertiary alicyclic amines) is 1. The summed E-state index contributed by atoms with van der Waals surface area (Å²) < 4.78 is 0. The fourth-order valence-electron chi connectivity index (χ4n) is 4.51. The van der Waals surface area contributed by atoms with Crippen molar-refractivity contribution < 1.29 is 0 Å². The minimum absolute atomic E-state index is 0.122. The Morgan fingerprint density at radius 3 is 2.31 bits per heavy atom. The maximum Gasteiger partial charge on any atom is 0.0406 e. The smallest absolute Gasteiger partial charge is 0.0406 e. The lowest BCUT2D eigenvalue weighted by Gasteiger charge is -2.33. The van der Waals surface area contributed by atoms with Gasteiger partial charge in [0.25, 0.3) is 0 Å². The van der Waals surface area contributed by atoms with E-state index in [0.29, 0.717) is 11.8 Å². The zero-order valence-corrected chi connectivity index (χ0v) is 24.2. The summed E-state index contributed by atoms with van der Waals surface area (Å²) in [5.41, 5.74) is 6.33. The van der Waals surface area contributed by atoms with Gasteiger partial charge in [0.2, 0.25) is 0 Å². The van der Waals surface area contributed by atoms with Gasteiger partial charge in [0.1, 0.15) is 0 Å². The Labute approximate surface area is 226 Å². The van der Waals surface area contributed by atoms with Gasteiger partial charge in [-0.1, -0.05) is 70.1 Å². The number of nitrogens with zero attached hydrogens (tertiary/aromatic N) is 1. The molecule has 0 saturated carbocycles. The van der Waals surface area contributed by atoms with Crippen LogP contribution in [-0.2, 0) is 5.41 Å². The van der Waals surface area contributed by atoms with E-state index < -0.39 is 0 Å². The Bertz CT molecular complexity index is 954. The Morgan fingerprint density at radius 2 is 1.75 bits per heavy atom. The fourth-order valence-corrected chi connectivity index (χ4v) is 4.63. The standard InChI is InChI=1S/C27H38ClN3.C5H10/c1-20-7-12-25(29-5)19-26(20)22-13-17-31(18-14-22)16-6-15-30-21(2)27(3,4)23-8-10-24(28)11-9-23;1-4-5(2)3/h7-12,19,22,29-30H,2,6,13-18H2,1,3-5H3;4-5H,1H2,2-3H3. The van der Waals surface area contributed by atoms with Gasteiger partial charge in [-0.05, 0) is 98.6 Å². The first-order chi connectivity index (χ1) is 17.1. The van der Waals surface area contributed by atoms with E-state index in [1.165, 1.54) is 48.3 Å². The number of piperidine rings is 1. The van der Waals surface area contributed by atoms with Gasteiger partial charge in [-0.3, -0.25) is 0 Å². The van der Waals surface area contributed by atoms with Crippen molar-refractivity contribution in [1.82, 2.24) is 10.2 Å². The van der Waals surface area contributed by atoms with Crippen LogP contribution in [0.2, 0.25) is 5.02 Å². The van der Waals surface area contributed by atoms with Gasteiger partial charge in [-0.25, -0.2) is 0 Å². The minimum atomic E-state index is -0.122. The first-order valence-corrected chi connectivity index (χ1v) is 13.8. The molecule has 1 heterocycles. The molecule has 36 heavy (non-hydrogen) atoms. The number of nitrogens with one attached hydrogen (secondary N) is 2. The average Bonchev–Trinajstić information content (AvgIpc) is 2.87. The molecule has 0 unspecified atom stereocenters. The summed E-state index contributed by atoms with van der Waals surface area (Å²) in [4.78, 5) is 2.61. The Morgan fingerprint density at radius 1 is 1.14 bits per heavy atom. The molecule has 1 aliphatic rings. The molecule has 3 rings (SSSR count). The lowest BCUT2D eigenvalue weighted by molar-refractivity contribution is 0.210. The summed E-state index contributed by atoms with van der Waals surface area (Å²) in [5, 5.41) is 7.62. The largest absolute Gasteiger partial charge is 0.388 e. The molecule has 0 bridgehead atoms. The minimum Gasteiger partial charge on any atom is -0.388 e. The molecule has 4 heteroatoms.